The number of carbonyl (C=O) groups is 1. The van der Waals surface area contributed by atoms with E-state index >= 15 is 0 Å². The van der Waals surface area contributed by atoms with Gasteiger partial charge in [-0.05, 0) is 12.1 Å². The number of ether oxygens (including phenoxy) is 1. The van der Waals surface area contributed by atoms with E-state index in [2.05, 4.69) is 20.3 Å². The third kappa shape index (κ3) is 5.12. The molecule has 0 saturated carbocycles. The summed E-state index contributed by atoms with van der Waals surface area (Å²) in [5.41, 5.74) is 0.304. The van der Waals surface area contributed by atoms with Crippen molar-refractivity contribution in [3.63, 3.8) is 0 Å². The van der Waals surface area contributed by atoms with Crippen LogP contribution in [-0.2, 0) is 22.4 Å². The van der Waals surface area contributed by atoms with Crippen LogP contribution in [0.3, 0.4) is 0 Å². The van der Waals surface area contributed by atoms with Crippen LogP contribution < -0.4 is 15.0 Å². The number of benzene rings is 1. The normalized spacial score (nSPS) is 11.4. The molecule has 28 heavy (non-hydrogen) atoms. The van der Waals surface area contributed by atoms with Gasteiger partial charge >= 0.3 is 6.18 Å². The van der Waals surface area contributed by atoms with Gasteiger partial charge in [0, 0.05) is 25.7 Å². The standard InChI is InChI=1S/C18H19F3N4O3/c1-22-17-13(18(19,20)21)8-9-15(24-17)28-11-12-6-4-5-7-14(12)25(2)16(26)10-23-27-3/h4-10H,11H2,1-3H3,(H,22,24). The Kier molecular flexibility index (Phi) is 6.80. The van der Waals surface area contributed by atoms with E-state index < -0.39 is 17.6 Å². The molecule has 0 aliphatic heterocycles. The monoisotopic (exact) mass is 396 g/mol. The summed E-state index contributed by atoms with van der Waals surface area (Å²) in [6.07, 6.45) is -3.50. The molecule has 0 aliphatic rings. The summed E-state index contributed by atoms with van der Waals surface area (Å²) < 4.78 is 44.4. The number of amides is 1. The molecular formula is C18H19F3N4O3. The summed E-state index contributed by atoms with van der Waals surface area (Å²) in [4.78, 5) is 21.8. The predicted molar refractivity (Wildman–Crippen MR) is 98.5 cm³/mol. The highest BCUT2D eigenvalue weighted by molar-refractivity contribution is 6.32. The molecule has 7 nitrogen and oxygen atoms in total. The molecule has 0 bridgehead atoms. The number of aromatic nitrogens is 1. The Morgan fingerprint density at radius 1 is 1.29 bits per heavy atom. The maximum absolute atomic E-state index is 12.9. The van der Waals surface area contributed by atoms with Crippen molar-refractivity contribution >= 4 is 23.6 Å². The number of nitrogens with zero attached hydrogens (tertiary/aromatic N) is 3. The van der Waals surface area contributed by atoms with Gasteiger partial charge in [0.2, 0.25) is 5.88 Å². The van der Waals surface area contributed by atoms with Crippen LogP contribution in [0.15, 0.2) is 41.6 Å². The average Bonchev–Trinajstić information content (AvgIpc) is 2.69. The highest BCUT2D eigenvalue weighted by atomic mass is 19.4. The minimum Gasteiger partial charge on any atom is -0.473 e. The highest BCUT2D eigenvalue weighted by Gasteiger charge is 2.34. The van der Waals surface area contributed by atoms with Crippen LogP contribution in [0.2, 0.25) is 0 Å². The number of pyridine rings is 1. The van der Waals surface area contributed by atoms with Crippen LogP contribution in [-0.4, -0.2) is 38.3 Å². The van der Waals surface area contributed by atoms with Crippen LogP contribution in [0.25, 0.3) is 0 Å². The minimum absolute atomic E-state index is 0.00324. The van der Waals surface area contributed by atoms with Gasteiger partial charge in [0.05, 0.1) is 11.3 Å². The fourth-order valence-electron chi connectivity index (χ4n) is 2.36. The van der Waals surface area contributed by atoms with Gasteiger partial charge in [-0.3, -0.25) is 4.79 Å². The van der Waals surface area contributed by atoms with Crippen molar-refractivity contribution < 1.29 is 27.5 Å². The Morgan fingerprint density at radius 3 is 2.64 bits per heavy atom. The smallest absolute Gasteiger partial charge is 0.419 e. The molecular weight excluding hydrogens is 377 g/mol. The Morgan fingerprint density at radius 2 is 2.00 bits per heavy atom. The molecule has 0 saturated heterocycles. The molecule has 10 heteroatoms. The molecule has 0 radical (unpaired) electrons. The molecule has 0 unspecified atom stereocenters. The second kappa shape index (κ2) is 9.07. The Hall–Kier alpha value is -3.30. The van der Waals surface area contributed by atoms with Gasteiger partial charge in [-0.2, -0.15) is 18.2 Å². The van der Waals surface area contributed by atoms with Gasteiger partial charge < -0.3 is 19.8 Å². The fourth-order valence-corrected chi connectivity index (χ4v) is 2.36. The van der Waals surface area contributed by atoms with E-state index in [0.717, 1.165) is 18.3 Å². The zero-order chi connectivity index (χ0) is 20.7. The summed E-state index contributed by atoms with van der Waals surface area (Å²) in [6, 6.07) is 8.98. The predicted octanol–water partition coefficient (Wildman–Crippen LogP) is 3.32. The largest absolute Gasteiger partial charge is 0.473 e. The van der Waals surface area contributed by atoms with Crippen molar-refractivity contribution in [1.29, 1.82) is 0 Å². The first-order valence-corrected chi connectivity index (χ1v) is 8.08. The number of oxime groups is 1. The van der Waals surface area contributed by atoms with Gasteiger partial charge in [0.15, 0.2) is 0 Å². The van der Waals surface area contributed by atoms with Crippen molar-refractivity contribution in [2.75, 3.05) is 31.4 Å². The topological polar surface area (TPSA) is 76.1 Å². The van der Waals surface area contributed by atoms with E-state index in [1.54, 1.807) is 31.3 Å². The Bertz CT molecular complexity index is 856. The van der Waals surface area contributed by atoms with E-state index in [1.165, 1.54) is 19.1 Å². The summed E-state index contributed by atoms with van der Waals surface area (Å²) in [5.74, 6) is -0.733. The van der Waals surface area contributed by atoms with Gasteiger partial charge in [0.1, 0.15) is 25.7 Å². The first-order valence-electron chi connectivity index (χ1n) is 8.08. The van der Waals surface area contributed by atoms with Crippen molar-refractivity contribution in [2.45, 2.75) is 12.8 Å². The third-order valence-electron chi connectivity index (χ3n) is 3.74. The number of rotatable bonds is 7. The lowest BCUT2D eigenvalue weighted by molar-refractivity contribution is -0.137. The van der Waals surface area contributed by atoms with Crippen LogP contribution in [0.1, 0.15) is 11.1 Å². The minimum atomic E-state index is -4.52. The van der Waals surface area contributed by atoms with Gasteiger partial charge in [0.25, 0.3) is 5.91 Å². The number of nitrogens with one attached hydrogen (secondary N) is 1. The first kappa shape index (κ1) is 21.0. The number of halogens is 3. The SMILES string of the molecule is CNc1nc(OCc2ccccc2N(C)C(=O)C=NOC)ccc1C(F)(F)F. The molecule has 150 valence electrons. The Labute approximate surface area is 159 Å². The molecule has 1 N–H and O–H groups in total. The highest BCUT2D eigenvalue weighted by Crippen LogP contribution is 2.35. The van der Waals surface area contributed by atoms with Crippen molar-refractivity contribution in [2.24, 2.45) is 5.16 Å². The maximum Gasteiger partial charge on any atom is 0.419 e. The van der Waals surface area contributed by atoms with Gasteiger partial charge in [-0.15, -0.1) is 0 Å². The number of hydrogen-bond acceptors (Lipinski definition) is 6. The van der Waals surface area contributed by atoms with Crippen molar-refractivity contribution in [3.05, 3.63) is 47.5 Å². The molecule has 2 aromatic rings. The molecule has 1 amide bonds. The number of alkyl halides is 3. The van der Waals surface area contributed by atoms with Crippen LogP contribution in [0.4, 0.5) is 24.7 Å². The van der Waals surface area contributed by atoms with Crippen LogP contribution in [0, 0.1) is 0 Å². The van der Waals surface area contributed by atoms with E-state index in [4.69, 9.17) is 4.74 Å². The summed E-state index contributed by atoms with van der Waals surface area (Å²) in [6.45, 7) is -0.00324. The summed E-state index contributed by atoms with van der Waals surface area (Å²) in [5, 5.41) is 5.85. The lowest BCUT2D eigenvalue weighted by atomic mass is 10.1. The third-order valence-corrected chi connectivity index (χ3v) is 3.74. The summed E-state index contributed by atoms with van der Waals surface area (Å²) >= 11 is 0. The summed E-state index contributed by atoms with van der Waals surface area (Å²) in [7, 11) is 4.22. The van der Waals surface area contributed by atoms with E-state index in [-0.39, 0.29) is 18.3 Å². The van der Waals surface area contributed by atoms with Crippen molar-refractivity contribution in [1.82, 2.24) is 4.98 Å². The van der Waals surface area contributed by atoms with Crippen molar-refractivity contribution in [3.8, 4) is 5.88 Å². The number of para-hydroxylation sites is 1. The quantitative estimate of drug-likeness (QED) is 0.574. The zero-order valence-corrected chi connectivity index (χ0v) is 15.4. The second-order valence-corrected chi connectivity index (χ2v) is 5.53. The molecule has 0 aliphatic carbocycles. The number of anilines is 2. The molecule has 0 atom stereocenters. The fraction of sp³-hybridized carbons (Fsp3) is 0.278. The van der Waals surface area contributed by atoms with E-state index in [9.17, 15) is 18.0 Å². The molecule has 2 rings (SSSR count). The second-order valence-electron chi connectivity index (χ2n) is 5.53. The van der Waals surface area contributed by atoms with Crippen LogP contribution in [0.5, 0.6) is 5.88 Å². The van der Waals surface area contributed by atoms with E-state index in [1.807, 2.05) is 0 Å². The van der Waals surface area contributed by atoms with Gasteiger partial charge in [-0.25, -0.2) is 0 Å². The van der Waals surface area contributed by atoms with Crippen LogP contribution >= 0.6 is 0 Å². The molecule has 1 aromatic heterocycles. The van der Waals surface area contributed by atoms with Gasteiger partial charge in [-0.1, -0.05) is 23.4 Å². The molecule has 1 aromatic carbocycles. The molecule has 1 heterocycles. The molecule has 0 spiro atoms. The lowest BCUT2D eigenvalue weighted by Crippen LogP contribution is -2.28. The Balaban J connectivity index is 2.20. The average molecular weight is 396 g/mol. The lowest BCUT2D eigenvalue weighted by Gasteiger charge is -2.19. The first-order chi connectivity index (χ1) is 13.3. The maximum atomic E-state index is 12.9. The number of carbonyl (C=O) groups excluding carboxylic acids is 1. The molecule has 0 fully saturated rings. The van der Waals surface area contributed by atoms with E-state index in [0.29, 0.717) is 11.3 Å². The zero-order valence-electron chi connectivity index (χ0n) is 15.4. The number of hydrogen-bond donors (Lipinski definition) is 1.